The molecule has 2 aromatic rings. The number of thioether (sulfide) groups is 1. The molecule has 1 aliphatic rings. The van der Waals surface area contributed by atoms with Gasteiger partial charge in [0.25, 0.3) is 5.91 Å². The molecule has 3 N–H and O–H groups in total. The second kappa shape index (κ2) is 7.13. The number of hydrogen-bond donors (Lipinski definition) is 2. The lowest BCUT2D eigenvalue weighted by atomic mass is 10.2. The smallest absolute Gasteiger partial charge is 0.250 e. The third kappa shape index (κ3) is 3.60. The van der Waals surface area contributed by atoms with Gasteiger partial charge >= 0.3 is 0 Å². The van der Waals surface area contributed by atoms with Crippen LogP contribution in [0.2, 0.25) is 0 Å². The first-order chi connectivity index (χ1) is 10.7. The van der Waals surface area contributed by atoms with E-state index in [0.29, 0.717) is 11.1 Å². The number of nitrogens with zero attached hydrogens (tertiary/aromatic N) is 2. The third-order valence-electron chi connectivity index (χ3n) is 3.72. The standard InChI is InChI=1S/C15H20N4O2S/c16-15(20)11-2-1-3-12-14(11)18-13(17-12)10-22-9-6-19-4-7-21-8-5-19/h1-3H,4-10H2,(H2,16,20)(H,17,18). The maximum absolute atomic E-state index is 11.4. The normalized spacial score (nSPS) is 16.2. The van der Waals surface area contributed by atoms with Crippen LogP contribution in [0.25, 0.3) is 11.0 Å². The molecule has 1 fully saturated rings. The number of ether oxygens (including phenoxy) is 1. The Hall–Kier alpha value is -1.57. The summed E-state index contributed by atoms with van der Waals surface area (Å²) in [6.07, 6.45) is 0. The van der Waals surface area contributed by atoms with Crippen LogP contribution in [0.3, 0.4) is 0 Å². The lowest BCUT2D eigenvalue weighted by Crippen LogP contribution is -2.37. The van der Waals surface area contributed by atoms with Crippen LogP contribution in [0.1, 0.15) is 16.2 Å². The fraction of sp³-hybridized carbons (Fsp3) is 0.467. The van der Waals surface area contributed by atoms with E-state index in [1.807, 2.05) is 23.9 Å². The zero-order valence-corrected chi connectivity index (χ0v) is 13.2. The molecular weight excluding hydrogens is 300 g/mol. The number of amides is 1. The predicted molar refractivity (Wildman–Crippen MR) is 88.0 cm³/mol. The summed E-state index contributed by atoms with van der Waals surface area (Å²) in [5.41, 5.74) is 7.38. The maximum Gasteiger partial charge on any atom is 0.250 e. The molecule has 22 heavy (non-hydrogen) atoms. The maximum atomic E-state index is 11.4. The largest absolute Gasteiger partial charge is 0.379 e. The zero-order chi connectivity index (χ0) is 15.4. The highest BCUT2D eigenvalue weighted by atomic mass is 32.2. The first-order valence-corrected chi connectivity index (χ1v) is 8.55. The summed E-state index contributed by atoms with van der Waals surface area (Å²) in [5.74, 6) is 2.30. The van der Waals surface area contributed by atoms with Crippen LogP contribution in [-0.2, 0) is 10.5 Å². The number of fused-ring (bicyclic) bond motifs is 1. The van der Waals surface area contributed by atoms with E-state index in [1.54, 1.807) is 6.07 Å². The van der Waals surface area contributed by atoms with Gasteiger partial charge in [-0.05, 0) is 12.1 Å². The number of H-pyrrole nitrogens is 1. The molecule has 2 heterocycles. The highest BCUT2D eigenvalue weighted by Gasteiger charge is 2.12. The Bertz CT molecular complexity index is 652. The molecule has 0 aliphatic carbocycles. The van der Waals surface area contributed by atoms with Crippen molar-refractivity contribution in [3.8, 4) is 0 Å². The van der Waals surface area contributed by atoms with Crippen molar-refractivity contribution in [3.63, 3.8) is 0 Å². The number of aromatic nitrogens is 2. The number of carbonyl (C=O) groups excluding carboxylic acids is 1. The van der Waals surface area contributed by atoms with E-state index in [4.69, 9.17) is 10.5 Å². The number of para-hydroxylation sites is 1. The highest BCUT2D eigenvalue weighted by molar-refractivity contribution is 7.98. The van der Waals surface area contributed by atoms with Crippen molar-refractivity contribution in [2.45, 2.75) is 5.75 Å². The zero-order valence-electron chi connectivity index (χ0n) is 12.4. The topological polar surface area (TPSA) is 84.2 Å². The van der Waals surface area contributed by atoms with Crippen LogP contribution in [0.15, 0.2) is 18.2 Å². The van der Waals surface area contributed by atoms with E-state index in [9.17, 15) is 4.79 Å². The van der Waals surface area contributed by atoms with Crippen LogP contribution < -0.4 is 5.73 Å². The molecule has 0 spiro atoms. The number of primary amides is 1. The van der Waals surface area contributed by atoms with Gasteiger partial charge in [0.05, 0.1) is 30.0 Å². The van der Waals surface area contributed by atoms with E-state index >= 15 is 0 Å². The van der Waals surface area contributed by atoms with Crippen molar-refractivity contribution in [2.24, 2.45) is 5.73 Å². The van der Waals surface area contributed by atoms with Crippen molar-refractivity contribution in [1.82, 2.24) is 14.9 Å². The van der Waals surface area contributed by atoms with Gasteiger partial charge in [-0.3, -0.25) is 9.69 Å². The van der Waals surface area contributed by atoms with Gasteiger partial charge in [0.2, 0.25) is 0 Å². The molecule has 1 saturated heterocycles. The Morgan fingerprint density at radius 2 is 2.23 bits per heavy atom. The molecular formula is C15H20N4O2S. The van der Waals surface area contributed by atoms with E-state index in [2.05, 4.69) is 14.9 Å². The number of aromatic amines is 1. The first-order valence-electron chi connectivity index (χ1n) is 7.39. The number of morpholine rings is 1. The fourth-order valence-corrected chi connectivity index (χ4v) is 3.40. The predicted octanol–water partition coefficient (Wildman–Crippen LogP) is 1.23. The number of nitrogens with one attached hydrogen (secondary N) is 1. The summed E-state index contributed by atoms with van der Waals surface area (Å²) in [6, 6.07) is 5.44. The van der Waals surface area contributed by atoms with Crippen LogP contribution in [0.4, 0.5) is 0 Å². The highest BCUT2D eigenvalue weighted by Crippen LogP contribution is 2.19. The second-order valence-electron chi connectivity index (χ2n) is 5.26. The summed E-state index contributed by atoms with van der Waals surface area (Å²) in [6.45, 7) is 4.79. The van der Waals surface area contributed by atoms with Crippen molar-refractivity contribution >= 4 is 28.7 Å². The van der Waals surface area contributed by atoms with Gasteiger partial charge in [-0.1, -0.05) is 6.07 Å². The third-order valence-corrected chi connectivity index (χ3v) is 4.67. The number of nitrogens with two attached hydrogens (primary N) is 1. The monoisotopic (exact) mass is 320 g/mol. The van der Waals surface area contributed by atoms with Crippen molar-refractivity contribution in [2.75, 3.05) is 38.6 Å². The number of carbonyl (C=O) groups is 1. The Morgan fingerprint density at radius 1 is 1.41 bits per heavy atom. The van der Waals surface area contributed by atoms with Crippen LogP contribution in [-0.4, -0.2) is 59.4 Å². The Labute approximate surface area is 133 Å². The summed E-state index contributed by atoms with van der Waals surface area (Å²) in [4.78, 5) is 21.6. The van der Waals surface area contributed by atoms with Gasteiger partial charge in [-0.15, -0.1) is 0 Å². The summed E-state index contributed by atoms with van der Waals surface area (Å²) in [7, 11) is 0. The quantitative estimate of drug-likeness (QED) is 0.782. The van der Waals surface area contributed by atoms with Crippen molar-refractivity contribution in [3.05, 3.63) is 29.6 Å². The van der Waals surface area contributed by atoms with E-state index in [-0.39, 0.29) is 0 Å². The van der Waals surface area contributed by atoms with Gasteiger partial charge in [0.15, 0.2) is 0 Å². The summed E-state index contributed by atoms with van der Waals surface area (Å²) >= 11 is 1.84. The van der Waals surface area contributed by atoms with Crippen molar-refractivity contribution < 1.29 is 9.53 Å². The lowest BCUT2D eigenvalue weighted by Gasteiger charge is -2.26. The average molecular weight is 320 g/mol. The lowest BCUT2D eigenvalue weighted by molar-refractivity contribution is 0.0410. The summed E-state index contributed by atoms with van der Waals surface area (Å²) in [5, 5.41) is 0. The Kier molecular flexibility index (Phi) is 4.97. The minimum absolute atomic E-state index is 0.441. The van der Waals surface area contributed by atoms with Gasteiger partial charge < -0.3 is 15.5 Å². The van der Waals surface area contributed by atoms with Crippen molar-refractivity contribution in [1.29, 1.82) is 0 Å². The molecule has 1 aromatic heterocycles. The van der Waals surface area contributed by atoms with Crippen LogP contribution in [0.5, 0.6) is 0 Å². The van der Waals surface area contributed by atoms with Gasteiger partial charge in [0, 0.05) is 25.4 Å². The van der Waals surface area contributed by atoms with E-state index in [1.165, 1.54) is 0 Å². The minimum Gasteiger partial charge on any atom is -0.379 e. The molecule has 0 saturated carbocycles. The number of rotatable bonds is 6. The molecule has 6 nitrogen and oxygen atoms in total. The van der Waals surface area contributed by atoms with E-state index < -0.39 is 5.91 Å². The SMILES string of the molecule is NC(=O)c1cccc2[nH]c(CSCCN3CCOCC3)nc12. The number of hydrogen-bond acceptors (Lipinski definition) is 5. The fourth-order valence-electron chi connectivity index (χ4n) is 2.54. The molecule has 3 rings (SSSR count). The molecule has 0 radical (unpaired) electrons. The van der Waals surface area contributed by atoms with Gasteiger partial charge in [0.1, 0.15) is 11.3 Å². The Morgan fingerprint density at radius 3 is 3.00 bits per heavy atom. The summed E-state index contributed by atoms with van der Waals surface area (Å²) < 4.78 is 5.34. The molecule has 7 heteroatoms. The second-order valence-corrected chi connectivity index (χ2v) is 6.36. The molecule has 0 unspecified atom stereocenters. The van der Waals surface area contributed by atoms with Gasteiger partial charge in [-0.2, -0.15) is 11.8 Å². The number of imidazole rings is 1. The minimum atomic E-state index is -0.441. The molecule has 0 bridgehead atoms. The van der Waals surface area contributed by atoms with Gasteiger partial charge in [-0.25, -0.2) is 4.98 Å². The first kappa shape index (κ1) is 15.3. The Balaban J connectivity index is 1.55. The molecule has 1 aromatic carbocycles. The van der Waals surface area contributed by atoms with E-state index in [0.717, 1.165) is 55.7 Å². The molecule has 0 atom stereocenters. The van der Waals surface area contributed by atoms with Crippen LogP contribution in [0, 0.1) is 0 Å². The molecule has 118 valence electrons. The average Bonchev–Trinajstić information content (AvgIpc) is 2.95. The molecule has 1 amide bonds. The number of benzene rings is 1. The molecule has 1 aliphatic heterocycles. The van der Waals surface area contributed by atoms with Crippen LogP contribution >= 0.6 is 11.8 Å².